The van der Waals surface area contributed by atoms with Crippen molar-refractivity contribution in [3.8, 4) is 0 Å². The predicted octanol–water partition coefficient (Wildman–Crippen LogP) is 3.01. The normalized spacial score (nSPS) is 13.1. The fourth-order valence-corrected chi connectivity index (χ4v) is 2.57. The highest BCUT2D eigenvalue weighted by molar-refractivity contribution is 5.91. The van der Waals surface area contributed by atoms with Gasteiger partial charge >= 0.3 is 0 Å². The van der Waals surface area contributed by atoms with Crippen LogP contribution < -0.4 is 10.6 Å². The van der Waals surface area contributed by atoms with E-state index >= 15 is 0 Å². The third-order valence-corrected chi connectivity index (χ3v) is 3.72. The van der Waals surface area contributed by atoms with Crippen LogP contribution in [0.3, 0.4) is 0 Å². The van der Waals surface area contributed by atoms with Crippen LogP contribution in [-0.2, 0) is 17.6 Å². The molecule has 3 rings (SSSR count). The second-order valence-corrected chi connectivity index (χ2v) is 5.31. The Kier molecular flexibility index (Phi) is 4.15. The maximum absolute atomic E-state index is 12.0. The number of nitrogens with zero attached hydrogens (tertiary/aromatic N) is 1. The molecule has 1 aliphatic heterocycles. The number of hydrogen-bond acceptors (Lipinski definition) is 3. The van der Waals surface area contributed by atoms with E-state index in [2.05, 4.69) is 21.7 Å². The van der Waals surface area contributed by atoms with E-state index < -0.39 is 0 Å². The third-order valence-electron chi connectivity index (χ3n) is 3.72. The number of carbonyl (C=O) groups excluding carboxylic acids is 1. The summed E-state index contributed by atoms with van der Waals surface area (Å²) in [5, 5.41) is 6.34. The number of nitrogens with one attached hydrogen (secondary N) is 2. The summed E-state index contributed by atoms with van der Waals surface area (Å²) < 4.78 is 0. The summed E-state index contributed by atoms with van der Waals surface area (Å²) >= 11 is 0. The minimum atomic E-state index is 0.0440. The molecule has 1 aliphatic rings. The number of aryl methyl sites for hydroxylation is 2. The third kappa shape index (κ3) is 3.60. The Balaban J connectivity index is 1.57. The number of aromatic nitrogens is 1. The molecule has 2 aromatic rings. The first-order chi connectivity index (χ1) is 10.3. The lowest BCUT2D eigenvalue weighted by Gasteiger charge is -2.18. The van der Waals surface area contributed by atoms with Crippen molar-refractivity contribution in [2.75, 3.05) is 17.2 Å². The molecule has 0 saturated carbocycles. The average molecular weight is 281 g/mol. The number of amides is 1. The van der Waals surface area contributed by atoms with Crippen LogP contribution in [0, 0.1) is 0 Å². The monoisotopic (exact) mass is 281 g/mol. The smallest absolute Gasteiger partial charge is 0.224 e. The summed E-state index contributed by atoms with van der Waals surface area (Å²) in [6.07, 6.45) is 7.00. The number of rotatable bonds is 4. The minimum Gasteiger partial charge on any atom is -0.385 e. The van der Waals surface area contributed by atoms with E-state index in [0.717, 1.165) is 36.3 Å². The number of benzene rings is 1. The number of pyridine rings is 1. The van der Waals surface area contributed by atoms with Crippen LogP contribution in [0.15, 0.2) is 42.7 Å². The van der Waals surface area contributed by atoms with E-state index in [4.69, 9.17) is 0 Å². The Morgan fingerprint density at radius 2 is 2.10 bits per heavy atom. The Morgan fingerprint density at radius 1 is 1.24 bits per heavy atom. The number of carbonyl (C=O) groups is 1. The van der Waals surface area contributed by atoms with E-state index in [1.54, 1.807) is 12.4 Å². The summed E-state index contributed by atoms with van der Waals surface area (Å²) in [5.41, 5.74) is 4.47. The molecule has 1 amide bonds. The van der Waals surface area contributed by atoms with Crippen molar-refractivity contribution in [3.05, 3.63) is 53.9 Å². The Labute approximate surface area is 124 Å². The molecule has 108 valence electrons. The van der Waals surface area contributed by atoms with E-state index in [-0.39, 0.29) is 5.91 Å². The van der Waals surface area contributed by atoms with Gasteiger partial charge < -0.3 is 10.6 Å². The summed E-state index contributed by atoms with van der Waals surface area (Å²) in [6, 6.07) is 9.99. The van der Waals surface area contributed by atoms with E-state index in [9.17, 15) is 4.79 Å². The van der Waals surface area contributed by atoms with Gasteiger partial charge in [0.25, 0.3) is 0 Å². The molecular formula is C17H19N3O. The molecule has 21 heavy (non-hydrogen) atoms. The van der Waals surface area contributed by atoms with Crippen molar-refractivity contribution in [2.24, 2.45) is 0 Å². The molecule has 0 radical (unpaired) electrons. The molecule has 1 aromatic carbocycles. The Morgan fingerprint density at radius 3 is 2.95 bits per heavy atom. The summed E-state index contributed by atoms with van der Waals surface area (Å²) in [4.78, 5) is 16.0. The van der Waals surface area contributed by atoms with Gasteiger partial charge in [-0.2, -0.15) is 0 Å². The van der Waals surface area contributed by atoms with Crippen molar-refractivity contribution in [1.82, 2.24) is 4.98 Å². The topological polar surface area (TPSA) is 54.0 Å². The molecular weight excluding hydrogens is 262 g/mol. The highest BCUT2D eigenvalue weighted by Crippen LogP contribution is 2.25. The molecule has 0 unspecified atom stereocenters. The molecule has 1 aromatic heterocycles. The largest absolute Gasteiger partial charge is 0.385 e. The quantitative estimate of drug-likeness (QED) is 0.905. The molecule has 0 bridgehead atoms. The maximum atomic E-state index is 12.0. The van der Waals surface area contributed by atoms with Crippen LogP contribution in [0.5, 0.6) is 0 Å². The summed E-state index contributed by atoms with van der Waals surface area (Å²) in [5.74, 6) is 0.0440. The van der Waals surface area contributed by atoms with Crippen molar-refractivity contribution in [1.29, 1.82) is 0 Å². The van der Waals surface area contributed by atoms with Gasteiger partial charge in [-0.05, 0) is 54.7 Å². The lowest BCUT2D eigenvalue weighted by atomic mass is 10.0. The Bertz CT molecular complexity index is 625. The molecule has 2 heterocycles. The van der Waals surface area contributed by atoms with E-state index in [1.807, 2.05) is 24.3 Å². The number of anilines is 2. The first-order valence-corrected chi connectivity index (χ1v) is 7.37. The SMILES string of the molecule is O=C(CCc1ccncc1)Nc1ccc2c(c1)NCCC2. The minimum absolute atomic E-state index is 0.0440. The first-order valence-electron chi connectivity index (χ1n) is 7.37. The number of hydrogen-bond donors (Lipinski definition) is 2. The molecule has 0 atom stereocenters. The maximum Gasteiger partial charge on any atom is 0.224 e. The first kappa shape index (κ1) is 13.6. The van der Waals surface area contributed by atoms with Crippen LogP contribution in [-0.4, -0.2) is 17.4 Å². The van der Waals surface area contributed by atoms with Crippen LogP contribution >= 0.6 is 0 Å². The van der Waals surface area contributed by atoms with Crippen LogP contribution in [0.25, 0.3) is 0 Å². The lowest BCUT2D eigenvalue weighted by molar-refractivity contribution is -0.116. The molecule has 4 heteroatoms. The number of fused-ring (bicyclic) bond motifs is 1. The molecule has 4 nitrogen and oxygen atoms in total. The fourth-order valence-electron chi connectivity index (χ4n) is 2.57. The molecule has 0 saturated heterocycles. The van der Waals surface area contributed by atoms with E-state index in [0.29, 0.717) is 6.42 Å². The van der Waals surface area contributed by atoms with Crippen molar-refractivity contribution >= 4 is 17.3 Å². The van der Waals surface area contributed by atoms with Crippen molar-refractivity contribution in [2.45, 2.75) is 25.7 Å². The highest BCUT2D eigenvalue weighted by Gasteiger charge is 2.10. The van der Waals surface area contributed by atoms with E-state index in [1.165, 1.54) is 12.0 Å². The molecule has 2 N–H and O–H groups in total. The van der Waals surface area contributed by atoms with Gasteiger partial charge in [0.15, 0.2) is 0 Å². The predicted molar refractivity (Wildman–Crippen MR) is 84.4 cm³/mol. The fraction of sp³-hybridized carbons (Fsp3) is 0.294. The zero-order chi connectivity index (χ0) is 14.5. The van der Waals surface area contributed by atoms with Crippen LogP contribution in [0.2, 0.25) is 0 Å². The summed E-state index contributed by atoms with van der Waals surface area (Å²) in [6.45, 7) is 1.01. The van der Waals surface area contributed by atoms with Gasteiger partial charge in [0.1, 0.15) is 0 Å². The molecule has 0 fully saturated rings. The van der Waals surface area contributed by atoms with Gasteiger partial charge in [-0.1, -0.05) is 6.07 Å². The van der Waals surface area contributed by atoms with Gasteiger partial charge in [-0.15, -0.1) is 0 Å². The zero-order valence-corrected chi connectivity index (χ0v) is 11.9. The molecule has 0 aliphatic carbocycles. The second kappa shape index (κ2) is 6.39. The van der Waals surface area contributed by atoms with Crippen LogP contribution in [0.1, 0.15) is 24.0 Å². The standard InChI is InChI=1S/C17H19N3O/c21-17(6-3-13-7-10-18-11-8-13)20-15-5-4-14-2-1-9-19-16(14)12-15/h4-5,7-8,10-12,19H,1-3,6,9H2,(H,20,21). The summed E-state index contributed by atoms with van der Waals surface area (Å²) in [7, 11) is 0. The van der Waals surface area contributed by atoms with Gasteiger partial charge in [-0.25, -0.2) is 0 Å². The second-order valence-electron chi connectivity index (χ2n) is 5.31. The lowest BCUT2D eigenvalue weighted by Crippen LogP contribution is -2.15. The van der Waals surface area contributed by atoms with Crippen LogP contribution in [0.4, 0.5) is 11.4 Å². The van der Waals surface area contributed by atoms with Crippen molar-refractivity contribution < 1.29 is 4.79 Å². The Hall–Kier alpha value is -2.36. The average Bonchev–Trinajstić information content (AvgIpc) is 2.54. The van der Waals surface area contributed by atoms with Gasteiger partial charge in [-0.3, -0.25) is 9.78 Å². The van der Waals surface area contributed by atoms with Gasteiger partial charge in [0.05, 0.1) is 0 Å². The van der Waals surface area contributed by atoms with Crippen molar-refractivity contribution in [3.63, 3.8) is 0 Å². The molecule has 0 spiro atoms. The highest BCUT2D eigenvalue weighted by atomic mass is 16.1. The zero-order valence-electron chi connectivity index (χ0n) is 11.9. The van der Waals surface area contributed by atoms with Gasteiger partial charge in [0, 0.05) is 36.7 Å². The van der Waals surface area contributed by atoms with Gasteiger partial charge in [0.2, 0.25) is 5.91 Å².